The first-order valence-electron chi connectivity index (χ1n) is 12.5. The number of fused-ring (bicyclic) bond motifs is 2. The predicted octanol–water partition coefficient (Wildman–Crippen LogP) is 6.16. The Labute approximate surface area is 247 Å². The molecule has 202 valence electrons. The molecule has 0 spiro atoms. The monoisotopic (exact) mass is 661 g/mol. The fourth-order valence-electron chi connectivity index (χ4n) is 4.68. The Hall–Kier alpha value is -4.02. The Balaban J connectivity index is 0.000000244. The van der Waals surface area contributed by atoms with E-state index in [1.54, 1.807) is 18.5 Å². The van der Waals surface area contributed by atoms with Crippen LogP contribution in [0.4, 0.5) is 11.4 Å². The number of nitrogens with one attached hydrogen (secondary N) is 4. The first-order valence-corrected chi connectivity index (χ1v) is 14.1. The first-order chi connectivity index (χ1) is 19.2. The highest BCUT2D eigenvalue weighted by atomic mass is 79.9. The van der Waals surface area contributed by atoms with Crippen LogP contribution in [-0.4, -0.2) is 27.7 Å². The molecule has 0 aliphatic carbocycles. The molecule has 0 bridgehead atoms. The first kappa shape index (κ1) is 27.5. The lowest BCUT2D eigenvalue weighted by Crippen LogP contribution is -2.23. The number of anilines is 2. The largest absolute Gasteiger partial charge is 0.358 e. The van der Waals surface area contributed by atoms with Crippen LogP contribution in [0.5, 0.6) is 0 Å². The third-order valence-electron chi connectivity index (χ3n) is 6.65. The van der Waals surface area contributed by atoms with Gasteiger partial charge in [-0.25, -0.2) is 0 Å². The van der Waals surface area contributed by atoms with Crippen molar-refractivity contribution in [2.45, 2.75) is 26.8 Å². The summed E-state index contributed by atoms with van der Waals surface area (Å²) in [6.45, 7) is 4.16. The smallest absolute Gasteiger partial charge is 0.256 e. The summed E-state index contributed by atoms with van der Waals surface area (Å²) in [4.78, 5) is 43.3. The molecule has 2 aliphatic heterocycles. The molecule has 0 unspecified atom stereocenters. The number of hydrogen-bond acceptors (Lipinski definition) is 4. The van der Waals surface area contributed by atoms with E-state index < -0.39 is 0 Å². The molecular weight excluding hydrogens is 638 g/mol. The van der Waals surface area contributed by atoms with Crippen molar-refractivity contribution in [1.29, 1.82) is 0 Å². The molecule has 3 amide bonds. The number of rotatable bonds is 4. The van der Waals surface area contributed by atoms with Crippen molar-refractivity contribution in [1.82, 2.24) is 15.3 Å². The maximum absolute atomic E-state index is 12.8. The number of carbonyl (C=O) groups excluding carboxylic acids is 3. The minimum Gasteiger partial charge on any atom is -0.358 e. The van der Waals surface area contributed by atoms with Gasteiger partial charge >= 0.3 is 0 Å². The molecule has 40 heavy (non-hydrogen) atoms. The van der Waals surface area contributed by atoms with Crippen molar-refractivity contribution in [2.75, 3.05) is 10.6 Å². The van der Waals surface area contributed by atoms with Crippen LogP contribution in [0, 0.1) is 13.8 Å². The number of pyridine rings is 1. The summed E-state index contributed by atoms with van der Waals surface area (Å²) in [5.41, 5.74) is 8.07. The number of hydrogen-bond donors (Lipinski definition) is 4. The molecule has 4 aromatic rings. The predicted molar refractivity (Wildman–Crippen MR) is 163 cm³/mol. The molecule has 4 heterocycles. The van der Waals surface area contributed by atoms with Gasteiger partial charge < -0.3 is 20.9 Å². The third-order valence-corrected chi connectivity index (χ3v) is 7.64. The fourth-order valence-corrected chi connectivity index (χ4v) is 5.45. The number of benzene rings is 2. The third kappa shape index (κ3) is 5.93. The Morgan fingerprint density at radius 3 is 2.42 bits per heavy atom. The summed E-state index contributed by atoms with van der Waals surface area (Å²) in [5, 5.41) is 8.58. The molecule has 0 radical (unpaired) electrons. The van der Waals surface area contributed by atoms with Gasteiger partial charge in [-0.3, -0.25) is 19.4 Å². The SMILES string of the molecule is Cc1[nH]c(C=C2C(=O)Nc3ccc(Br)cc32)c(C)c1C(=O)NCc1ccncc1.O=C1Cc2cc(Br)ccc2N1. The minimum absolute atomic E-state index is 0.0816. The Bertz CT molecular complexity index is 1680. The van der Waals surface area contributed by atoms with Gasteiger partial charge in [0.25, 0.3) is 11.8 Å². The summed E-state index contributed by atoms with van der Waals surface area (Å²) in [5.74, 6) is -0.233. The fraction of sp³-hybridized carbons (Fsp3) is 0.133. The second-order valence-corrected chi connectivity index (χ2v) is 11.3. The Morgan fingerprint density at radius 2 is 1.68 bits per heavy atom. The number of aromatic amines is 1. The molecule has 10 heteroatoms. The lowest BCUT2D eigenvalue weighted by Gasteiger charge is -2.06. The van der Waals surface area contributed by atoms with E-state index in [2.05, 4.69) is 57.8 Å². The average Bonchev–Trinajstić information content (AvgIpc) is 3.54. The molecule has 4 N–H and O–H groups in total. The van der Waals surface area contributed by atoms with Gasteiger partial charge in [0.1, 0.15) is 0 Å². The van der Waals surface area contributed by atoms with Gasteiger partial charge in [-0.2, -0.15) is 0 Å². The van der Waals surface area contributed by atoms with Crippen LogP contribution in [0.3, 0.4) is 0 Å². The molecule has 0 saturated carbocycles. The second kappa shape index (κ2) is 11.6. The van der Waals surface area contributed by atoms with E-state index in [1.165, 1.54) is 0 Å². The van der Waals surface area contributed by atoms with E-state index in [4.69, 9.17) is 0 Å². The molecular formula is C30H25Br2N5O3. The van der Waals surface area contributed by atoms with Crippen LogP contribution >= 0.6 is 31.9 Å². The van der Waals surface area contributed by atoms with E-state index >= 15 is 0 Å². The average molecular weight is 663 g/mol. The van der Waals surface area contributed by atoms with Gasteiger partial charge in [0.05, 0.1) is 17.6 Å². The van der Waals surface area contributed by atoms with Crippen molar-refractivity contribution >= 4 is 72.6 Å². The normalized spacial score (nSPS) is 14.2. The quantitative estimate of drug-likeness (QED) is 0.196. The lowest BCUT2D eigenvalue weighted by atomic mass is 10.0. The van der Waals surface area contributed by atoms with E-state index in [9.17, 15) is 14.4 Å². The maximum Gasteiger partial charge on any atom is 0.256 e. The van der Waals surface area contributed by atoms with Crippen LogP contribution in [0.2, 0.25) is 0 Å². The summed E-state index contributed by atoms with van der Waals surface area (Å²) < 4.78 is 1.92. The van der Waals surface area contributed by atoms with Crippen molar-refractivity contribution in [2.24, 2.45) is 0 Å². The van der Waals surface area contributed by atoms with Crippen LogP contribution in [0.1, 0.15) is 44.0 Å². The number of aryl methyl sites for hydroxylation is 1. The van der Waals surface area contributed by atoms with Crippen molar-refractivity contribution in [3.63, 3.8) is 0 Å². The van der Waals surface area contributed by atoms with E-state index in [-0.39, 0.29) is 17.7 Å². The zero-order chi connectivity index (χ0) is 28.4. The highest BCUT2D eigenvalue weighted by Crippen LogP contribution is 2.35. The van der Waals surface area contributed by atoms with E-state index in [0.717, 1.165) is 54.0 Å². The molecule has 2 aliphatic rings. The summed E-state index contributed by atoms with van der Waals surface area (Å²) in [6, 6.07) is 15.2. The number of nitrogens with zero attached hydrogens (tertiary/aromatic N) is 1. The molecule has 2 aromatic heterocycles. The van der Waals surface area contributed by atoms with Crippen molar-refractivity contribution in [3.05, 3.63) is 109 Å². The summed E-state index contributed by atoms with van der Waals surface area (Å²) in [6.07, 6.45) is 5.70. The van der Waals surface area contributed by atoms with Crippen LogP contribution in [0.15, 0.2) is 69.9 Å². The van der Waals surface area contributed by atoms with Gasteiger partial charge in [-0.15, -0.1) is 0 Å². The number of carbonyl (C=O) groups is 3. The zero-order valence-electron chi connectivity index (χ0n) is 21.7. The summed E-state index contributed by atoms with van der Waals surface area (Å²) >= 11 is 6.80. The molecule has 8 nitrogen and oxygen atoms in total. The van der Waals surface area contributed by atoms with Gasteiger partial charge in [-0.05, 0) is 85.1 Å². The topological polar surface area (TPSA) is 116 Å². The number of H-pyrrole nitrogens is 1. The van der Waals surface area contributed by atoms with Crippen LogP contribution in [0.25, 0.3) is 11.6 Å². The van der Waals surface area contributed by atoms with E-state index in [0.29, 0.717) is 24.1 Å². The van der Waals surface area contributed by atoms with Crippen molar-refractivity contribution in [3.8, 4) is 0 Å². The standard InChI is InChI=1S/C22H19BrN4O2.C8H6BrNO/c1-12-19(10-17-16-9-15(23)3-4-18(16)27-21(17)28)26-13(2)20(12)22(29)25-11-14-5-7-24-8-6-14;9-6-1-2-7-5(3-6)4-8(11)10-7/h3-10,26H,11H2,1-2H3,(H,25,29)(H,27,28);1-3H,4H2,(H,10,11). The molecule has 0 atom stereocenters. The Morgan fingerprint density at radius 1 is 0.975 bits per heavy atom. The summed E-state index contributed by atoms with van der Waals surface area (Å²) in [7, 11) is 0. The van der Waals surface area contributed by atoms with Gasteiger partial charge in [0, 0.05) is 56.2 Å². The molecule has 6 rings (SSSR count). The highest BCUT2D eigenvalue weighted by molar-refractivity contribution is 9.10. The van der Waals surface area contributed by atoms with Gasteiger partial charge in [-0.1, -0.05) is 31.9 Å². The second-order valence-electron chi connectivity index (χ2n) is 9.43. The molecule has 0 fully saturated rings. The van der Waals surface area contributed by atoms with E-state index in [1.807, 2.05) is 62.4 Å². The minimum atomic E-state index is -0.159. The number of amides is 3. The Kier molecular flexibility index (Phi) is 7.99. The van der Waals surface area contributed by atoms with Gasteiger partial charge in [0.2, 0.25) is 5.91 Å². The number of aromatic nitrogens is 2. The number of halogens is 2. The molecule has 2 aromatic carbocycles. The van der Waals surface area contributed by atoms with Crippen molar-refractivity contribution < 1.29 is 14.4 Å². The van der Waals surface area contributed by atoms with Crippen LogP contribution in [-0.2, 0) is 22.6 Å². The van der Waals surface area contributed by atoms with Crippen LogP contribution < -0.4 is 16.0 Å². The lowest BCUT2D eigenvalue weighted by molar-refractivity contribution is -0.115. The zero-order valence-corrected chi connectivity index (χ0v) is 24.9. The van der Waals surface area contributed by atoms with Gasteiger partial charge in [0.15, 0.2) is 0 Å². The molecule has 0 saturated heterocycles. The maximum atomic E-state index is 12.8. The highest BCUT2D eigenvalue weighted by Gasteiger charge is 2.26.